The second-order valence-corrected chi connectivity index (χ2v) is 8.04. The molecule has 0 aliphatic heterocycles. The van der Waals surface area contributed by atoms with E-state index in [1.54, 1.807) is 12.1 Å². The molecule has 0 fully saturated rings. The molecule has 0 spiro atoms. The van der Waals surface area contributed by atoms with Crippen LogP contribution in [0.1, 0.15) is 20.8 Å². The monoisotopic (exact) mass is 423 g/mol. The highest BCUT2D eigenvalue weighted by molar-refractivity contribution is 7.19. The molecule has 0 amide bonds. The number of carbonyl (C=O) groups excluding carboxylic acids is 1. The van der Waals surface area contributed by atoms with Gasteiger partial charge in [-0.05, 0) is 24.6 Å². The Morgan fingerprint density at radius 3 is 2.52 bits per heavy atom. The first-order valence-electron chi connectivity index (χ1n) is 9.00. The van der Waals surface area contributed by atoms with Crippen molar-refractivity contribution < 1.29 is 9.53 Å². The number of benzene rings is 2. The molecule has 0 saturated carbocycles. The Hall–Kier alpha value is -2.96. The van der Waals surface area contributed by atoms with E-state index < -0.39 is 0 Å². The summed E-state index contributed by atoms with van der Waals surface area (Å²) in [6.45, 7) is 2.60. The fourth-order valence-electron chi connectivity index (χ4n) is 2.99. The predicted octanol–water partition coefficient (Wildman–Crippen LogP) is 5.72. The van der Waals surface area contributed by atoms with Crippen LogP contribution in [0.25, 0.3) is 21.6 Å². The summed E-state index contributed by atoms with van der Waals surface area (Å²) in [5.74, 6) is 0.890. The summed E-state index contributed by atoms with van der Waals surface area (Å²) in [4.78, 5) is 22.9. The van der Waals surface area contributed by atoms with Crippen molar-refractivity contribution in [2.45, 2.75) is 13.5 Å². The molecule has 2 heterocycles. The van der Waals surface area contributed by atoms with Gasteiger partial charge in [-0.3, -0.25) is 0 Å². The minimum Gasteiger partial charge on any atom is -0.465 e. The number of halogens is 1. The summed E-state index contributed by atoms with van der Waals surface area (Å²) in [5, 5.41) is 4.91. The van der Waals surface area contributed by atoms with E-state index in [-0.39, 0.29) is 5.97 Å². The van der Waals surface area contributed by atoms with Crippen LogP contribution in [0.15, 0.2) is 54.6 Å². The first kappa shape index (κ1) is 19.4. The Morgan fingerprint density at radius 1 is 1.10 bits per heavy atom. The molecule has 7 heteroatoms. The van der Waals surface area contributed by atoms with E-state index in [9.17, 15) is 4.79 Å². The fraction of sp³-hybridized carbons (Fsp3) is 0.136. The third kappa shape index (κ3) is 3.95. The molecule has 0 unspecified atom stereocenters. The van der Waals surface area contributed by atoms with Crippen molar-refractivity contribution in [2.75, 3.05) is 12.4 Å². The lowest BCUT2D eigenvalue weighted by Crippen LogP contribution is -2.04. The molecule has 5 nitrogen and oxygen atoms in total. The first-order chi connectivity index (χ1) is 14.1. The van der Waals surface area contributed by atoms with Crippen LogP contribution in [-0.2, 0) is 11.3 Å². The van der Waals surface area contributed by atoms with E-state index in [2.05, 4.69) is 17.4 Å². The highest BCUT2D eigenvalue weighted by atomic mass is 35.5. The summed E-state index contributed by atoms with van der Waals surface area (Å²) >= 11 is 8.08. The minimum atomic E-state index is -0.376. The maximum atomic E-state index is 11.7. The van der Waals surface area contributed by atoms with Gasteiger partial charge in [0.15, 0.2) is 5.82 Å². The molecule has 0 bridgehead atoms. The Balaban J connectivity index is 1.74. The van der Waals surface area contributed by atoms with E-state index in [4.69, 9.17) is 26.3 Å². The molecule has 4 aromatic rings. The van der Waals surface area contributed by atoms with Gasteiger partial charge in [0, 0.05) is 17.0 Å². The van der Waals surface area contributed by atoms with Crippen molar-refractivity contribution in [3.63, 3.8) is 0 Å². The maximum absolute atomic E-state index is 11.7. The van der Waals surface area contributed by atoms with Crippen molar-refractivity contribution in [1.29, 1.82) is 0 Å². The number of nitrogens with one attached hydrogen (secondary N) is 1. The Bertz CT molecular complexity index is 1170. The van der Waals surface area contributed by atoms with Gasteiger partial charge in [0.25, 0.3) is 0 Å². The van der Waals surface area contributed by atoms with Gasteiger partial charge in [0.2, 0.25) is 0 Å². The second-order valence-electron chi connectivity index (χ2n) is 6.46. The third-order valence-corrected chi connectivity index (χ3v) is 6.10. The number of methoxy groups -OCH3 is 1. The van der Waals surface area contributed by atoms with Gasteiger partial charge < -0.3 is 10.1 Å². The lowest BCUT2D eigenvalue weighted by atomic mass is 10.1. The van der Waals surface area contributed by atoms with Crippen LogP contribution in [-0.4, -0.2) is 23.0 Å². The molecule has 1 N–H and O–H groups in total. The quantitative estimate of drug-likeness (QED) is 0.416. The summed E-state index contributed by atoms with van der Waals surface area (Å²) in [7, 11) is 1.36. The van der Waals surface area contributed by atoms with Gasteiger partial charge >= 0.3 is 5.97 Å². The molecule has 0 atom stereocenters. The summed E-state index contributed by atoms with van der Waals surface area (Å²) in [5.41, 5.74) is 2.44. The van der Waals surface area contributed by atoms with Crippen molar-refractivity contribution in [3.8, 4) is 11.4 Å². The van der Waals surface area contributed by atoms with Crippen LogP contribution in [0.5, 0.6) is 0 Å². The molecular weight excluding hydrogens is 406 g/mol. The molecule has 0 saturated heterocycles. The standard InChI is InChI=1S/C22H18ClN3O2S/c1-13-18(23)17-20(24-12-14-6-4-3-5-7-14)25-19(26-21(17)29-13)15-8-10-16(11-9-15)22(27)28-2/h3-11H,12H2,1-2H3,(H,24,25,26). The Kier molecular flexibility index (Phi) is 5.47. The van der Waals surface area contributed by atoms with Gasteiger partial charge in [-0.15, -0.1) is 11.3 Å². The number of carbonyl (C=O) groups is 1. The number of aromatic nitrogens is 2. The van der Waals surface area contributed by atoms with Crippen LogP contribution < -0.4 is 5.32 Å². The molecule has 0 aliphatic rings. The van der Waals surface area contributed by atoms with Crippen LogP contribution in [0, 0.1) is 6.92 Å². The zero-order chi connectivity index (χ0) is 20.4. The number of hydrogen-bond donors (Lipinski definition) is 1. The number of aryl methyl sites for hydroxylation is 1. The average Bonchev–Trinajstić information content (AvgIpc) is 3.06. The minimum absolute atomic E-state index is 0.376. The largest absolute Gasteiger partial charge is 0.465 e. The van der Waals surface area contributed by atoms with Crippen LogP contribution in [0.4, 0.5) is 5.82 Å². The smallest absolute Gasteiger partial charge is 0.337 e. The number of rotatable bonds is 5. The average molecular weight is 424 g/mol. The van der Waals surface area contributed by atoms with E-state index in [0.717, 1.165) is 26.2 Å². The normalized spacial score (nSPS) is 10.9. The number of thiophene rings is 1. The summed E-state index contributed by atoms with van der Waals surface area (Å²) in [6.07, 6.45) is 0. The fourth-order valence-corrected chi connectivity index (χ4v) is 4.25. The van der Waals surface area contributed by atoms with Crippen molar-refractivity contribution in [1.82, 2.24) is 9.97 Å². The SMILES string of the molecule is COC(=O)c1ccc(-c2nc(NCc3ccccc3)c3c(Cl)c(C)sc3n2)cc1. The number of nitrogens with zero attached hydrogens (tertiary/aromatic N) is 2. The third-order valence-electron chi connectivity index (χ3n) is 4.52. The van der Waals surface area contributed by atoms with Crippen molar-refractivity contribution >= 4 is 44.9 Å². The van der Waals surface area contributed by atoms with E-state index >= 15 is 0 Å². The lowest BCUT2D eigenvalue weighted by Gasteiger charge is -2.10. The number of esters is 1. The molecule has 4 rings (SSSR count). The topological polar surface area (TPSA) is 64.1 Å². The van der Waals surface area contributed by atoms with E-state index in [0.29, 0.717) is 28.8 Å². The molecular formula is C22H18ClN3O2S. The number of ether oxygens (including phenoxy) is 1. The maximum Gasteiger partial charge on any atom is 0.337 e. The zero-order valence-corrected chi connectivity index (χ0v) is 17.5. The highest BCUT2D eigenvalue weighted by Gasteiger charge is 2.17. The number of anilines is 1. The summed E-state index contributed by atoms with van der Waals surface area (Å²) < 4.78 is 4.76. The molecule has 146 valence electrons. The lowest BCUT2D eigenvalue weighted by molar-refractivity contribution is 0.0601. The first-order valence-corrected chi connectivity index (χ1v) is 10.2. The predicted molar refractivity (Wildman–Crippen MR) is 118 cm³/mol. The summed E-state index contributed by atoms with van der Waals surface area (Å²) in [6, 6.07) is 17.1. The van der Waals surface area contributed by atoms with Gasteiger partial charge in [0.05, 0.1) is 23.1 Å². The Morgan fingerprint density at radius 2 is 1.83 bits per heavy atom. The number of fused-ring (bicyclic) bond motifs is 1. The molecule has 2 aromatic heterocycles. The van der Waals surface area contributed by atoms with Crippen molar-refractivity contribution in [3.05, 3.63) is 75.6 Å². The van der Waals surface area contributed by atoms with Crippen LogP contribution >= 0.6 is 22.9 Å². The molecule has 0 aliphatic carbocycles. The van der Waals surface area contributed by atoms with Gasteiger partial charge in [0.1, 0.15) is 10.6 Å². The van der Waals surface area contributed by atoms with Crippen LogP contribution in [0.2, 0.25) is 5.02 Å². The van der Waals surface area contributed by atoms with Gasteiger partial charge in [-0.2, -0.15) is 0 Å². The molecule has 0 radical (unpaired) electrons. The van der Waals surface area contributed by atoms with Gasteiger partial charge in [-0.25, -0.2) is 14.8 Å². The zero-order valence-electron chi connectivity index (χ0n) is 15.9. The van der Waals surface area contributed by atoms with Crippen LogP contribution in [0.3, 0.4) is 0 Å². The molecule has 2 aromatic carbocycles. The van der Waals surface area contributed by atoms with Crippen molar-refractivity contribution in [2.24, 2.45) is 0 Å². The van der Waals surface area contributed by atoms with E-state index in [1.807, 2.05) is 37.3 Å². The molecule has 29 heavy (non-hydrogen) atoms. The second kappa shape index (κ2) is 8.19. The Labute approximate surface area is 177 Å². The highest BCUT2D eigenvalue weighted by Crippen LogP contribution is 2.38. The number of hydrogen-bond acceptors (Lipinski definition) is 6. The van der Waals surface area contributed by atoms with Gasteiger partial charge in [-0.1, -0.05) is 54.1 Å². The van der Waals surface area contributed by atoms with E-state index in [1.165, 1.54) is 18.4 Å².